The Bertz CT molecular complexity index is 1000. The zero-order valence-corrected chi connectivity index (χ0v) is 15.3. The zero-order valence-electron chi connectivity index (χ0n) is 13.7. The summed E-state index contributed by atoms with van der Waals surface area (Å²) in [5.74, 6) is 0.0529. The van der Waals surface area contributed by atoms with Gasteiger partial charge in [-0.3, -0.25) is 14.8 Å². The second-order valence-electron chi connectivity index (χ2n) is 5.12. The van der Waals surface area contributed by atoms with Crippen LogP contribution >= 0.6 is 11.3 Å². The predicted octanol–water partition coefficient (Wildman–Crippen LogP) is 3.20. The summed E-state index contributed by atoms with van der Waals surface area (Å²) in [7, 11) is -2.35. The lowest BCUT2D eigenvalue weighted by Gasteiger charge is -2.12. The van der Waals surface area contributed by atoms with Crippen molar-refractivity contribution in [2.24, 2.45) is 0 Å². The van der Waals surface area contributed by atoms with Crippen LogP contribution in [-0.4, -0.2) is 26.4 Å². The summed E-state index contributed by atoms with van der Waals surface area (Å²) in [6.07, 6.45) is 1.58. The number of carbonyl (C=O) groups is 1. The molecule has 0 bridgehead atoms. The third kappa shape index (κ3) is 4.01. The predicted molar refractivity (Wildman–Crippen MR) is 100 cm³/mol. The molecule has 1 amide bonds. The van der Waals surface area contributed by atoms with Crippen LogP contribution in [0.3, 0.4) is 0 Å². The van der Waals surface area contributed by atoms with Crippen LogP contribution in [-0.2, 0) is 10.0 Å². The second-order valence-corrected chi connectivity index (χ2v) is 7.70. The number of thiazole rings is 1. The van der Waals surface area contributed by atoms with E-state index >= 15 is 0 Å². The number of rotatable bonds is 6. The van der Waals surface area contributed by atoms with Gasteiger partial charge in [0.05, 0.1) is 17.7 Å². The van der Waals surface area contributed by atoms with E-state index in [9.17, 15) is 13.2 Å². The lowest BCUT2D eigenvalue weighted by Crippen LogP contribution is -2.15. The van der Waals surface area contributed by atoms with Gasteiger partial charge in [-0.25, -0.2) is 13.4 Å². The van der Waals surface area contributed by atoms with Crippen molar-refractivity contribution in [2.75, 3.05) is 17.1 Å². The van der Waals surface area contributed by atoms with E-state index in [1.165, 1.54) is 42.7 Å². The van der Waals surface area contributed by atoms with Gasteiger partial charge >= 0.3 is 0 Å². The van der Waals surface area contributed by atoms with Crippen LogP contribution in [0.4, 0.5) is 10.8 Å². The molecule has 0 unspecified atom stereocenters. The van der Waals surface area contributed by atoms with E-state index in [2.05, 4.69) is 15.0 Å². The van der Waals surface area contributed by atoms with Gasteiger partial charge in [-0.2, -0.15) is 0 Å². The molecule has 0 radical (unpaired) electrons. The maximum atomic E-state index is 12.5. The molecule has 1 heterocycles. The summed E-state index contributed by atoms with van der Waals surface area (Å²) in [4.78, 5) is 16.1. The molecule has 0 aliphatic heterocycles. The van der Waals surface area contributed by atoms with Crippen molar-refractivity contribution in [3.05, 3.63) is 65.7 Å². The first-order valence-corrected chi connectivity index (χ1v) is 9.82. The first kappa shape index (κ1) is 17.9. The average molecular weight is 389 g/mol. The van der Waals surface area contributed by atoms with Gasteiger partial charge < -0.3 is 4.74 Å². The molecular formula is C17H15N3O4S2. The summed E-state index contributed by atoms with van der Waals surface area (Å²) >= 11 is 1.30. The van der Waals surface area contributed by atoms with Gasteiger partial charge in [0.15, 0.2) is 5.13 Å². The smallest absolute Gasteiger partial charge is 0.262 e. The van der Waals surface area contributed by atoms with Gasteiger partial charge in [0, 0.05) is 17.1 Å². The topological polar surface area (TPSA) is 97.4 Å². The van der Waals surface area contributed by atoms with Crippen molar-refractivity contribution in [3.63, 3.8) is 0 Å². The Kier molecular flexibility index (Phi) is 5.19. The number of aromatic nitrogens is 1. The summed E-state index contributed by atoms with van der Waals surface area (Å²) in [5, 5.41) is 4.86. The minimum atomic E-state index is -3.81. The molecule has 3 rings (SSSR count). The average Bonchev–Trinajstić information content (AvgIpc) is 3.15. The highest BCUT2D eigenvalue weighted by molar-refractivity contribution is 7.92. The van der Waals surface area contributed by atoms with E-state index in [0.29, 0.717) is 22.1 Å². The molecule has 0 saturated heterocycles. The minimum absolute atomic E-state index is 0.0363. The molecule has 0 spiro atoms. The van der Waals surface area contributed by atoms with Crippen molar-refractivity contribution in [2.45, 2.75) is 4.90 Å². The second kappa shape index (κ2) is 7.54. The van der Waals surface area contributed by atoms with Crippen LogP contribution in [0.15, 0.2) is 65.0 Å². The molecule has 134 valence electrons. The van der Waals surface area contributed by atoms with Gasteiger partial charge in [-0.05, 0) is 36.4 Å². The normalized spacial score (nSPS) is 11.0. The molecule has 26 heavy (non-hydrogen) atoms. The first-order chi connectivity index (χ1) is 12.5. The van der Waals surface area contributed by atoms with Gasteiger partial charge in [-0.15, -0.1) is 11.3 Å². The lowest BCUT2D eigenvalue weighted by atomic mass is 10.2. The van der Waals surface area contributed by atoms with E-state index in [4.69, 9.17) is 4.74 Å². The molecule has 1 aromatic heterocycles. The standard InChI is InChI=1S/C17H15N3O4S2/c1-24-15-5-3-2-4-14(15)20-26(22,23)13-8-6-12(7-9-13)16(21)19-17-18-10-11-25-17/h2-11,20H,1H3,(H,18,19,21). The molecule has 0 aliphatic rings. The Hall–Kier alpha value is -2.91. The maximum absolute atomic E-state index is 12.5. The summed E-state index contributed by atoms with van der Waals surface area (Å²) < 4.78 is 32.7. The molecule has 2 aromatic carbocycles. The molecule has 0 atom stereocenters. The Morgan fingerprint density at radius 1 is 1.12 bits per heavy atom. The minimum Gasteiger partial charge on any atom is -0.495 e. The quantitative estimate of drug-likeness (QED) is 0.675. The van der Waals surface area contributed by atoms with Crippen LogP contribution in [0, 0.1) is 0 Å². The first-order valence-electron chi connectivity index (χ1n) is 7.46. The number of hydrogen-bond donors (Lipinski definition) is 2. The summed E-state index contributed by atoms with van der Waals surface area (Å²) in [5.41, 5.74) is 0.664. The van der Waals surface area contributed by atoms with Crippen LogP contribution < -0.4 is 14.8 Å². The highest BCUT2D eigenvalue weighted by atomic mass is 32.2. The summed E-state index contributed by atoms with van der Waals surface area (Å²) in [6, 6.07) is 12.3. The number of sulfonamides is 1. The Balaban J connectivity index is 1.77. The number of nitrogens with zero attached hydrogens (tertiary/aromatic N) is 1. The molecule has 7 nitrogen and oxygen atoms in total. The highest BCUT2D eigenvalue weighted by Crippen LogP contribution is 2.26. The fraction of sp³-hybridized carbons (Fsp3) is 0.0588. The third-order valence-corrected chi connectivity index (χ3v) is 5.50. The van der Waals surface area contributed by atoms with Crippen molar-refractivity contribution >= 4 is 38.1 Å². The Morgan fingerprint density at radius 3 is 2.50 bits per heavy atom. The fourth-order valence-corrected chi connectivity index (χ4v) is 3.77. The van der Waals surface area contributed by atoms with E-state index in [1.807, 2.05) is 0 Å². The number of nitrogens with one attached hydrogen (secondary N) is 2. The molecule has 9 heteroatoms. The maximum Gasteiger partial charge on any atom is 0.262 e. The number of amides is 1. The van der Waals surface area contributed by atoms with E-state index < -0.39 is 10.0 Å². The van der Waals surface area contributed by atoms with Gasteiger partial charge in [0.1, 0.15) is 5.75 Å². The molecule has 0 saturated carbocycles. The zero-order chi connectivity index (χ0) is 18.6. The number of benzene rings is 2. The number of carbonyl (C=O) groups excluding carboxylic acids is 1. The van der Waals surface area contributed by atoms with Gasteiger partial charge in [0.2, 0.25) is 0 Å². The SMILES string of the molecule is COc1ccccc1NS(=O)(=O)c1ccc(C(=O)Nc2nccs2)cc1. The monoisotopic (exact) mass is 389 g/mol. The number of anilines is 2. The Morgan fingerprint density at radius 2 is 1.85 bits per heavy atom. The Labute approximate surface area is 154 Å². The third-order valence-electron chi connectivity index (χ3n) is 3.43. The molecular weight excluding hydrogens is 374 g/mol. The number of methoxy groups -OCH3 is 1. The highest BCUT2D eigenvalue weighted by Gasteiger charge is 2.17. The molecule has 3 aromatic rings. The number of ether oxygens (including phenoxy) is 1. The van der Waals surface area contributed by atoms with Crippen LogP contribution in [0.25, 0.3) is 0 Å². The molecule has 0 aliphatic carbocycles. The van der Waals surface area contributed by atoms with Crippen LogP contribution in [0.2, 0.25) is 0 Å². The van der Waals surface area contributed by atoms with Crippen molar-refractivity contribution in [1.82, 2.24) is 4.98 Å². The van der Waals surface area contributed by atoms with Gasteiger partial charge in [0.25, 0.3) is 15.9 Å². The van der Waals surface area contributed by atoms with E-state index in [1.54, 1.807) is 35.8 Å². The lowest BCUT2D eigenvalue weighted by molar-refractivity contribution is 0.102. The largest absolute Gasteiger partial charge is 0.495 e. The fourth-order valence-electron chi connectivity index (χ4n) is 2.17. The molecule has 0 fully saturated rings. The van der Waals surface area contributed by atoms with Crippen molar-refractivity contribution in [1.29, 1.82) is 0 Å². The number of hydrogen-bond acceptors (Lipinski definition) is 6. The number of para-hydroxylation sites is 2. The van der Waals surface area contributed by atoms with Gasteiger partial charge in [-0.1, -0.05) is 12.1 Å². The van der Waals surface area contributed by atoms with E-state index in [-0.39, 0.29) is 10.8 Å². The van der Waals surface area contributed by atoms with Crippen molar-refractivity contribution in [3.8, 4) is 5.75 Å². The van der Waals surface area contributed by atoms with Crippen LogP contribution in [0.1, 0.15) is 10.4 Å². The van der Waals surface area contributed by atoms with Crippen LogP contribution in [0.5, 0.6) is 5.75 Å². The summed E-state index contributed by atoms with van der Waals surface area (Å²) in [6.45, 7) is 0. The van der Waals surface area contributed by atoms with E-state index in [0.717, 1.165) is 0 Å². The van der Waals surface area contributed by atoms with Crippen molar-refractivity contribution < 1.29 is 17.9 Å². The molecule has 2 N–H and O–H groups in total.